The van der Waals surface area contributed by atoms with Crippen molar-refractivity contribution in [1.29, 1.82) is 0 Å². The predicted octanol–water partition coefficient (Wildman–Crippen LogP) is 2.80. The van der Waals surface area contributed by atoms with Crippen molar-refractivity contribution in [2.75, 3.05) is 18.0 Å². The lowest BCUT2D eigenvalue weighted by atomic mass is 10.2. The topological polar surface area (TPSA) is 84.2 Å². The van der Waals surface area contributed by atoms with Gasteiger partial charge in [0.05, 0.1) is 0 Å². The molecule has 1 aromatic carbocycles. The summed E-state index contributed by atoms with van der Waals surface area (Å²) in [6, 6.07) is 7.30. The first kappa shape index (κ1) is 15.8. The molecule has 2 aromatic heterocycles. The number of nitrogens with zero attached hydrogens (tertiary/aromatic N) is 4. The van der Waals surface area contributed by atoms with E-state index in [2.05, 4.69) is 25.3 Å². The van der Waals surface area contributed by atoms with E-state index >= 15 is 0 Å². The average Bonchev–Trinajstić information content (AvgIpc) is 3.30. The second-order valence-electron chi connectivity index (χ2n) is 5.91. The summed E-state index contributed by atoms with van der Waals surface area (Å²) in [6.07, 6.45) is 3.65. The molecule has 1 saturated heterocycles. The highest BCUT2D eigenvalue weighted by molar-refractivity contribution is 6.30. The zero-order valence-corrected chi connectivity index (χ0v) is 14.2. The van der Waals surface area contributed by atoms with E-state index in [-0.39, 0.29) is 11.6 Å². The van der Waals surface area contributed by atoms with E-state index < -0.39 is 0 Å². The Morgan fingerprint density at radius 2 is 1.96 bits per heavy atom. The first-order valence-corrected chi connectivity index (χ1v) is 8.48. The van der Waals surface area contributed by atoms with Gasteiger partial charge in [0, 0.05) is 24.7 Å². The van der Waals surface area contributed by atoms with Crippen LogP contribution in [0, 0.1) is 0 Å². The number of rotatable bonds is 4. The minimum absolute atomic E-state index is 0.214. The fraction of sp³-hybridized carbons (Fsp3) is 0.294. The van der Waals surface area contributed by atoms with Crippen LogP contribution in [0.1, 0.15) is 28.9 Å². The van der Waals surface area contributed by atoms with E-state index in [0.29, 0.717) is 28.5 Å². The fourth-order valence-electron chi connectivity index (χ4n) is 2.96. The van der Waals surface area contributed by atoms with E-state index in [9.17, 15) is 4.79 Å². The molecule has 128 valence electrons. The number of amides is 1. The largest absolute Gasteiger partial charge is 0.356 e. The quantitative estimate of drug-likeness (QED) is 0.773. The van der Waals surface area contributed by atoms with Crippen molar-refractivity contribution in [2.24, 2.45) is 0 Å². The van der Waals surface area contributed by atoms with Crippen LogP contribution in [0.25, 0.3) is 11.1 Å². The van der Waals surface area contributed by atoms with Crippen molar-refractivity contribution in [2.45, 2.75) is 19.4 Å². The van der Waals surface area contributed by atoms with E-state index in [4.69, 9.17) is 16.1 Å². The van der Waals surface area contributed by atoms with Crippen LogP contribution in [0.2, 0.25) is 5.02 Å². The third kappa shape index (κ3) is 3.15. The molecule has 7 nitrogen and oxygen atoms in total. The van der Waals surface area contributed by atoms with Gasteiger partial charge in [-0.2, -0.15) is 4.98 Å². The van der Waals surface area contributed by atoms with E-state index in [1.54, 1.807) is 12.1 Å². The van der Waals surface area contributed by atoms with Gasteiger partial charge in [-0.3, -0.25) is 4.79 Å². The molecule has 0 aliphatic carbocycles. The molecule has 0 unspecified atom stereocenters. The van der Waals surface area contributed by atoms with Crippen molar-refractivity contribution in [3.05, 3.63) is 46.9 Å². The van der Waals surface area contributed by atoms with Gasteiger partial charge in [0.25, 0.3) is 11.6 Å². The van der Waals surface area contributed by atoms with Crippen LogP contribution in [0.4, 0.5) is 5.82 Å². The van der Waals surface area contributed by atoms with E-state index in [1.807, 2.05) is 12.1 Å². The van der Waals surface area contributed by atoms with Gasteiger partial charge >= 0.3 is 0 Å². The van der Waals surface area contributed by atoms with Crippen molar-refractivity contribution in [3.63, 3.8) is 0 Å². The van der Waals surface area contributed by atoms with Gasteiger partial charge in [-0.15, -0.1) is 0 Å². The summed E-state index contributed by atoms with van der Waals surface area (Å²) < 4.78 is 5.23. The number of aromatic nitrogens is 3. The molecule has 1 aliphatic rings. The number of hydrogen-bond acceptors (Lipinski definition) is 6. The average molecular weight is 358 g/mol. The van der Waals surface area contributed by atoms with Gasteiger partial charge < -0.3 is 14.7 Å². The van der Waals surface area contributed by atoms with Gasteiger partial charge in [0.1, 0.15) is 17.5 Å². The van der Waals surface area contributed by atoms with Crippen LogP contribution in [-0.2, 0) is 6.54 Å². The maximum absolute atomic E-state index is 12.6. The summed E-state index contributed by atoms with van der Waals surface area (Å²) in [6.45, 7) is 2.18. The van der Waals surface area contributed by atoms with Gasteiger partial charge in [0.15, 0.2) is 5.69 Å². The lowest BCUT2D eigenvalue weighted by Crippen LogP contribution is -2.24. The highest BCUT2D eigenvalue weighted by atomic mass is 35.5. The lowest BCUT2D eigenvalue weighted by molar-refractivity contribution is 0.0943. The number of carbonyl (C=O) groups is 1. The van der Waals surface area contributed by atoms with Crippen molar-refractivity contribution < 1.29 is 9.32 Å². The maximum Gasteiger partial charge on any atom is 0.274 e. The van der Waals surface area contributed by atoms with Crippen molar-refractivity contribution >= 4 is 34.4 Å². The maximum atomic E-state index is 12.6. The highest BCUT2D eigenvalue weighted by Gasteiger charge is 2.25. The van der Waals surface area contributed by atoms with Crippen LogP contribution in [0.3, 0.4) is 0 Å². The molecule has 1 fully saturated rings. The highest BCUT2D eigenvalue weighted by Crippen LogP contribution is 2.28. The normalized spacial score (nSPS) is 14.2. The number of halogens is 1. The summed E-state index contributed by atoms with van der Waals surface area (Å²) >= 11 is 5.87. The Hall–Kier alpha value is -2.67. The first-order valence-electron chi connectivity index (χ1n) is 8.10. The number of carbonyl (C=O) groups excluding carboxylic acids is 1. The SMILES string of the molecule is O=C(NCc1ccc(Cl)cc1)c1noc2ncnc(N3CCCC3)c12. The number of benzene rings is 1. The molecule has 0 atom stereocenters. The minimum Gasteiger partial charge on any atom is -0.356 e. The second-order valence-corrected chi connectivity index (χ2v) is 6.35. The first-order chi connectivity index (χ1) is 12.2. The molecule has 1 amide bonds. The number of hydrogen-bond donors (Lipinski definition) is 1. The molecule has 25 heavy (non-hydrogen) atoms. The monoisotopic (exact) mass is 357 g/mol. The van der Waals surface area contributed by atoms with Crippen LogP contribution in [-0.4, -0.2) is 34.1 Å². The standard InChI is InChI=1S/C17H16ClN5O2/c18-12-5-3-11(4-6-12)9-19-16(24)14-13-15(23-7-1-2-8-23)20-10-21-17(13)25-22-14/h3-6,10H,1-2,7-9H2,(H,19,24). The number of anilines is 1. The molecule has 4 rings (SSSR count). The van der Waals surface area contributed by atoms with Gasteiger partial charge in [-0.1, -0.05) is 28.9 Å². The molecule has 0 spiro atoms. The summed E-state index contributed by atoms with van der Waals surface area (Å²) in [4.78, 5) is 23.2. The molecule has 0 bridgehead atoms. The number of fused-ring (bicyclic) bond motifs is 1. The van der Waals surface area contributed by atoms with Crippen LogP contribution in [0.15, 0.2) is 35.1 Å². The van der Waals surface area contributed by atoms with Gasteiger partial charge in [-0.25, -0.2) is 4.98 Å². The lowest BCUT2D eigenvalue weighted by Gasteiger charge is -2.16. The Morgan fingerprint density at radius 3 is 2.72 bits per heavy atom. The molecule has 8 heteroatoms. The third-order valence-corrected chi connectivity index (χ3v) is 4.49. The summed E-state index contributed by atoms with van der Waals surface area (Å²) in [7, 11) is 0. The summed E-state index contributed by atoms with van der Waals surface area (Å²) in [5.74, 6) is 0.393. The zero-order chi connectivity index (χ0) is 17.2. The molecule has 0 saturated carbocycles. The molecular weight excluding hydrogens is 342 g/mol. The van der Waals surface area contributed by atoms with Crippen LogP contribution < -0.4 is 10.2 Å². The Morgan fingerprint density at radius 1 is 1.20 bits per heavy atom. The molecule has 1 N–H and O–H groups in total. The minimum atomic E-state index is -0.316. The number of nitrogens with one attached hydrogen (secondary N) is 1. The van der Waals surface area contributed by atoms with Crippen molar-refractivity contribution in [3.8, 4) is 0 Å². The van der Waals surface area contributed by atoms with E-state index in [1.165, 1.54) is 6.33 Å². The molecule has 0 radical (unpaired) electrons. The Kier molecular flexibility index (Phi) is 4.23. The summed E-state index contributed by atoms with van der Waals surface area (Å²) in [5.41, 5.74) is 1.49. The molecule has 1 aliphatic heterocycles. The Labute approximate surface area is 149 Å². The molecule has 3 aromatic rings. The van der Waals surface area contributed by atoms with Crippen LogP contribution >= 0.6 is 11.6 Å². The van der Waals surface area contributed by atoms with E-state index in [0.717, 1.165) is 31.5 Å². The summed E-state index contributed by atoms with van der Waals surface area (Å²) in [5, 5.41) is 7.99. The third-order valence-electron chi connectivity index (χ3n) is 4.24. The van der Waals surface area contributed by atoms with Gasteiger partial charge in [-0.05, 0) is 30.5 Å². The fourth-order valence-corrected chi connectivity index (χ4v) is 3.09. The van der Waals surface area contributed by atoms with Crippen molar-refractivity contribution in [1.82, 2.24) is 20.4 Å². The smallest absolute Gasteiger partial charge is 0.274 e. The van der Waals surface area contributed by atoms with Crippen LogP contribution in [0.5, 0.6) is 0 Å². The predicted molar refractivity (Wildman–Crippen MR) is 93.7 cm³/mol. The zero-order valence-electron chi connectivity index (χ0n) is 13.4. The Bertz CT molecular complexity index is 903. The molecule has 3 heterocycles. The Balaban J connectivity index is 1.59. The second kappa shape index (κ2) is 6.68. The molecular formula is C17H16ClN5O2. The van der Waals surface area contributed by atoms with Gasteiger partial charge in [0.2, 0.25) is 0 Å².